The van der Waals surface area contributed by atoms with Crippen LogP contribution in [-0.4, -0.2) is 49.5 Å². The van der Waals surface area contributed by atoms with Crippen LogP contribution in [0.1, 0.15) is 24.4 Å². The number of methoxy groups -OCH3 is 1. The van der Waals surface area contributed by atoms with Crippen molar-refractivity contribution in [3.63, 3.8) is 0 Å². The van der Waals surface area contributed by atoms with E-state index in [1.807, 2.05) is 4.90 Å². The van der Waals surface area contributed by atoms with Crippen LogP contribution in [0.4, 0.5) is 13.2 Å². The third-order valence-electron chi connectivity index (χ3n) is 3.90. The highest BCUT2D eigenvalue weighted by Crippen LogP contribution is 2.39. The molecule has 1 heterocycles. The number of para-hydroxylation sites is 1. The average molecular weight is 391 g/mol. The molecular formula is C15H23Cl2F3N2O2. The van der Waals surface area contributed by atoms with E-state index in [0.29, 0.717) is 18.7 Å². The first kappa shape index (κ1) is 23.1. The van der Waals surface area contributed by atoms with E-state index in [1.165, 1.54) is 7.11 Å². The molecule has 0 radical (unpaired) electrons. The van der Waals surface area contributed by atoms with Gasteiger partial charge in [-0.1, -0.05) is 12.1 Å². The van der Waals surface area contributed by atoms with Crippen molar-refractivity contribution in [1.29, 1.82) is 0 Å². The first-order valence-corrected chi connectivity index (χ1v) is 7.30. The van der Waals surface area contributed by atoms with Gasteiger partial charge in [-0.25, -0.2) is 0 Å². The number of hydrogen-bond acceptors (Lipinski definition) is 4. The number of rotatable bonds is 5. The van der Waals surface area contributed by atoms with Gasteiger partial charge >= 0.3 is 6.18 Å². The Morgan fingerprint density at radius 1 is 1.25 bits per heavy atom. The van der Waals surface area contributed by atoms with E-state index >= 15 is 0 Å². The molecule has 9 heteroatoms. The minimum atomic E-state index is -4.21. The summed E-state index contributed by atoms with van der Waals surface area (Å²) >= 11 is 0. The predicted molar refractivity (Wildman–Crippen MR) is 91.6 cm³/mol. The molecule has 1 atom stereocenters. The molecule has 2 rings (SSSR count). The van der Waals surface area contributed by atoms with Gasteiger partial charge < -0.3 is 15.2 Å². The summed E-state index contributed by atoms with van der Waals surface area (Å²) in [6, 6.07) is 4.48. The number of nitrogens with zero attached hydrogens (tertiary/aromatic N) is 1. The van der Waals surface area contributed by atoms with Gasteiger partial charge in [-0.15, -0.1) is 24.8 Å². The topological polar surface area (TPSA) is 44.7 Å². The zero-order chi connectivity index (χ0) is 16.2. The normalized spacial score (nSPS) is 16.7. The van der Waals surface area contributed by atoms with Gasteiger partial charge in [0.25, 0.3) is 0 Å². The molecule has 0 amide bonds. The highest BCUT2D eigenvalue weighted by molar-refractivity contribution is 5.85. The van der Waals surface area contributed by atoms with Crippen molar-refractivity contribution in [2.45, 2.75) is 25.1 Å². The van der Waals surface area contributed by atoms with E-state index in [1.54, 1.807) is 18.2 Å². The molecule has 24 heavy (non-hydrogen) atoms. The maximum atomic E-state index is 12.6. The summed E-state index contributed by atoms with van der Waals surface area (Å²) in [7, 11) is 1.42. The fourth-order valence-corrected chi connectivity index (χ4v) is 2.80. The van der Waals surface area contributed by atoms with Crippen molar-refractivity contribution in [3.05, 3.63) is 23.8 Å². The maximum Gasteiger partial charge on any atom is 0.389 e. The number of halogens is 5. The second-order valence-corrected chi connectivity index (χ2v) is 5.35. The molecule has 2 N–H and O–H groups in total. The fourth-order valence-electron chi connectivity index (χ4n) is 2.80. The zero-order valence-electron chi connectivity index (χ0n) is 13.3. The van der Waals surface area contributed by atoms with Crippen LogP contribution < -0.4 is 10.1 Å². The highest BCUT2D eigenvalue weighted by atomic mass is 35.5. The SMILES string of the molecule is COc1cccc([C@@H](CCC(F)(F)F)N2CCNCC2)c1O.Cl.Cl. The van der Waals surface area contributed by atoms with E-state index in [0.717, 1.165) is 13.1 Å². The van der Waals surface area contributed by atoms with Crippen LogP contribution in [0.3, 0.4) is 0 Å². The molecule has 140 valence electrons. The number of phenols is 1. The van der Waals surface area contributed by atoms with Gasteiger partial charge in [-0.3, -0.25) is 4.90 Å². The number of phenolic OH excluding ortho intramolecular Hbond substituents is 1. The number of aromatic hydroxyl groups is 1. The van der Waals surface area contributed by atoms with E-state index in [4.69, 9.17) is 4.74 Å². The Balaban J connectivity index is 0.00000264. The molecule has 0 saturated carbocycles. The summed E-state index contributed by atoms with van der Waals surface area (Å²) < 4.78 is 42.9. The molecule has 1 aromatic rings. The summed E-state index contributed by atoms with van der Waals surface area (Å²) in [6.07, 6.45) is -5.16. The molecule has 1 fully saturated rings. The largest absolute Gasteiger partial charge is 0.504 e. The van der Waals surface area contributed by atoms with Gasteiger partial charge in [-0.05, 0) is 12.5 Å². The summed E-state index contributed by atoms with van der Waals surface area (Å²) in [4.78, 5) is 1.98. The molecule has 4 nitrogen and oxygen atoms in total. The fraction of sp³-hybridized carbons (Fsp3) is 0.600. The number of piperazine rings is 1. The molecule has 1 aromatic carbocycles. The van der Waals surface area contributed by atoms with Gasteiger partial charge in [0, 0.05) is 44.2 Å². The van der Waals surface area contributed by atoms with Crippen LogP contribution in [-0.2, 0) is 0 Å². The van der Waals surface area contributed by atoms with E-state index < -0.39 is 18.6 Å². The third kappa shape index (κ3) is 6.20. The molecule has 0 spiro atoms. The molecule has 0 bridgehead atoms. The minimum absolute atomic E-state index is 0. The second-order valence-electron chi connectivity index (χ2n) is 5.35. The van der Waals surface area contributed by atoms with Crippen molar-refractivity contribution in [3.8, 4) is 11.5 Å². The van der Waals surface area contributed by atoms with Crippen molar-refractivity contribution >= 4 is 24.8 Å². The lowest BCUT2D eigenvalue weighted by atomic mass is 9.98. The van der Waals surface area contributed by atoms with Crippen LogP contribution in [0.2, 0.25) is 0 Å². The molecule has 0 aromatic heterocycles. The van der Waals surface area contributed by atoms with Gasteiger partial charge in [0.05, 0.1) is 7.11 Å². The first-order valence-electron chi connectivity index (χ1n) is 7.30. The first-order chi connectivity index (χ1) is 10.4. The third-order valence-corrected chi connectivity index (χ3v) is 3.90. The average Bonchev–Trinajstić information content (AvgIpc) is 2.49. The number of hydrogen-bond donors (Lipinski definition) is 2. The lowest BCUT2D eigenvalue weighted by molar-refractivity contribution is -0.138. The smallest absolute Gasteiger partial charge is 0.389 e. The molecule has 0 unspecified atom stereocenters. The lowest BCUT2D eigenvalue weighted by Gasteiger charge is -2.35. The summed E-state index contributed by atoms with van der Waals surface area (Å²) in [5, 5.41) is 13.5. The number of alkyl halides is 3. The Kier molecular flexibility index (Phi) is 9.80. The quantitative estimate of drug-likeness (QED) is 0.806. The standard InChI is InChI=1S/C15H21F3N2O2.2ClH/c1-22-13-4-2-3-11(14(13)21)12(5-6-15(16,17)18)20-9-7-19-8-10-20;;/h2-4,12,19,21H,5-10H2,1H3;2*1H/t12-;;/m1../s1. The molecule has 1 aliphatic heterocycles. The molecule has 1 aliphatic rings. The zero-order valence-corrected chi connectivity index (χ0v) is 14.9. The van der Waals surface area contributed by atoms with Gasteiger partial charge in [-0.2, -0.15) is 13.2 Å². The van der Waals surface area contributed by atoms with Crippen LogP contribution >= 0.6 is 24.8 Å². The highest BCUT2D eigenvalue weighted by Gasteiger charge is 2.32. The monoisotopic (exact) mass is 390 g/mol. The van der Waals surface area contributed by atoms with E-state index in [2.05, 4.69) is 5.32 Å². The Bertz CT molecular complexity index is 498. The Morgan fingerprint density at radius 3 is 2.42 bits per heavy atom. The van der Waals surface area contributed by atoms with Crippen LogP contribution in [0.15, 0.2) is 18.2 Å². The molecule has 0 aliphatic carbocycles. The number of nitrogens with one attached hydrogen (secondary N) is 1. The summed E-state index contributed by atoms with van der Waals surface area (Å²) in [6.45, 7) is 2.76. The van der Waals surface area contributed by atoms with Crippen molar-refractivity contribution in [1.82, 2.24) is 10.2 Å². The maximum absolute atomic E-state index is 12.6. The van der Waals surface area contributed by atoms with Crippen LogP contribution in [0, 0.1) is 0 Å². The van der Waals surface area contributed by atoms with Gasteiger partial charge in [0.15, 0.2) is 11.5 Å². The minimum Gasteiger partial charge on any atom is -0.504 e. The van der Waals surface area contributed by atoms with E-state index in [9.17, 15) is 18.3 Å². The predicted octanol–water partition coefficient (Wildman–Crippen LogP) is 3.53. The summed E-state index contributed by atoms with van der Waals surface area (Å²) in [5.41, 5.74) is 0.491. The Labute approximate surface area is 152 Å². The van der Waals surface area contributed by atoms with Crippen molar-refractivity contribution < 1.29 is 23.0 Å². The lowest BCUT2D eigenvalue weighted by Crippen LogP contribution is -2.45. The van der Waals surface area contributed by atoms with Gasteiger partial charge in [0.1, 0.15) is 0 Å². The summed E-state index contributed by atoms with van der Waals surface area (Å²) in [5.74, 6) is 0.209. The van der Waals surface area contributed by atoms with Crippen molar-refractivity contribution in [2.24, 2.45) is 0 Å². The van der Waals surface area contributed by atoms with Gasteiger partial charge in [0.2, 0.25) is 0 Å². The second kappa shape index (κ2) is 10.2. The van der Waals surface area contributed by atoms with Crippen LogP contribution in [0.5, 0.6) is 11.5 Å². The molecular weight excluding hydrogens is 368 g/mol. The van der Waals surface area contributed by atoms with E-state index in [-0.39, 0.29) is 42.7 Å². The number of ether oxygens (including phenoxy) is 1. The Morgan fingerprint density at radius 2 is 1.88 bits per heavy atom. The van der Waals surface area contributed by atoms with Crippen LogP contribution in [0.25, 0.3) is 0 Å². The number of benzene rings is 1. The van der Waals surface area contributed by atoms with Crippen molar-refractivity contribution in [2.75, 3.05) is 33.3 Å². The Hall–Kier alpha value is -0.890. The molecule has 1 saturated heterocycles.